The van der Waals surface area contributed by atoms with Gasteiger partial charge in [-0.1, -0.05) is 30.3 Å². The average molecular weight is 461 g/mol. The molecule has 1 atom stereocenters. The van der Waals surface area contributed by atoms with E-state index in [4.69, 9.17) is 5.73 Å². The summed E-state index contributed by atoms with van der Waals surface area (Å²) in [5.41, 5.74) is 8.09. The van der Waals surface area contributed by atoms with Crippen LogP contribution in [0, 0.1) is 17.1 Å². The number of hydrogen-bond acceptors (Lipinski definition) is 7. The van der Waals surface area contributed by atoms with Gasteiger partial charge < -0.3 is 21.1 Å². The number of esters is 1. The average Bonchev–Trinajstić information content (AvgIpc) is 2.86. The number of aromatic nitrogens is 1. The Balaban J connectivity index is 1.91. The molecule has 34 heavy (non-hydrogen) atoms. The lowest BCUT2D eigenvalue weighted by atomic mass is 10.0. The maximum absolute atomic E-state index is 13.5. The number of ether oxygens (including phenoxy) is 1. The van der Waals surface area contributed by atoms with Gasteiger partial charge in [-0.2, -0.15) is 5.26 Å². The first-order chi connectivity index (χ1) is 16.5. The standard InChI is InChI=1S/C25H24FN5O3/c1-34-25(33)22(15-28)31-24(32)20-9-10-21(19-8-3-2-6-17(19)14-27)30-23(20)29-12-11-16-5-4-7-18(26)13-16/h2-10,13,22H,11-12,15,28H2,1H3,(H,29,30)(H,31,32)/t22-/m0/s1. The molecule has 2 aromatic carbocycles. The van der Waals surface area contributed by atoms with Gasteiger partial charge in [0.25, 0.3) is 5.91 Å². The number of pyridine rings is 1. The number of methoxy groups -OCH3 is 1. The van der Waals surface area contributed by atoms with E-state index in [1.807, 2.05) is 0 Å². The normalized spacial score (nSPS) is 11.2. The highest BCUT2D eigenvalue weighted by Crippen LogP contribution is 2.25. The first-order valence-electron chi connectivity index (χ1n) is 10.5. The molecule has 0 saturated heterocycles. The summed E-state index contributed by atoms with van der Waals surface area (Å²) in [6, 6.07) is 17.5. The minimum absolute atomic E-state index is 0.137. The van der Waals surface area contributed by atoms with Crippen molar-refractivity contribution in [1.82, 2.24) is 10.3 Å². The number of nitriles is 1. The van der Waals surface area contributed by atoms with Crippen LogP contribution >= 0.6 is 0 Å². The molecule has 0 aliphatic heterocycles. The third kappa shape index (κ3) is 5.94. The van der Waals surface area contributed by atoms with Crippen LogP contribution in [-0.2, 0) is 16.0 Å². The molecule has 1 heterocycles. The fourth-order valence-electron chi connectivity index (χ4n) is 3.34. The minimum atomic E-state index is -1.02. The highest BCUT2D eigenvalue weighted by molar-refractivity contribution is 6.01. The van der Waals surface area contributed by atoms with Gasteiger partial charge in [-0.05, 0) is 42.3 Å². The Morgan fingerprint density at radius 1 is 1.18 bits per heavy atom. The number of rotatable bonds is 9. The smallest absolute Gasteiger partial charge is 0.329 e. The monoisotopic (exact) mass is 461 g/mol. The SMILES string of the molecule is COC(=O)[C@H](CN)NC(=O)c1ccc(-c2ccccc2C#N)nc1NCCc1cccc(F)c1. The van der Waals surface area contributed by atoms with Crippen LogP contribution in [0.1, 0.15) is 21.5 Å². The molecular weight excluding hydrogens is 437 g/mol. The number of carbonyl (C=O) groups is 2. The predicted molar refractivity (Wildman–Crippen MR) is 125 cm³/mol. The fraction of sp³-hybridized carbons (Fsp3) is 0.200. The van der Waals surface area contributed by atoms with Gasteiger partial charge in [0, 0.05) is 18.7 Å². The Hall–Kier alpha value is -4.29. The topological polar surface area (TPSA) is 130 Å². The van der Waals surface area contributed by atoms with E-state index in [-0.39, 0.29) is 23.7 Å². The van der Waals surface area contributed by atoms with Crippen molar-refractivity contribution in [3.8, 4) is 17.3 Å². The summed E-state index contributed by atoms with van der Waals surface area (Å²) in [6.45, 7) is 0.221. The highest BCUT2D eigenvalue weighted by Gasteiger charge is 2.23. The highest BCUT2D eigenvalue weighted by atomic mass is 19.1. The van der Waals surface area contributed by atoms with E-state index in [0.29, 0.717) is 29.8 Å². The number of nitrogens with zero attached hydrogens (tertiary/aromatic N) is 2. The summed E-state index contributed by atoms with van der Waals surface area (Å²) in [5.74, 6) is -1.31. The van der Waals surface area contributed by atoms with Crippen LogP contribution in [0.25, 0.3) is 11.3 Å². The van der Waals surface area contributed by atoms with Gasteiger partial charge in [0.1, 0.15) is 17.7 Å². The van der Waals surface area contributed by atoms with Crippen LogP contribution in [0.2, 0.25) is 0 Å². The van der Waals surface area contributed by atoms with E-state index in [1.165, 1.54) is 19.2 Å². The van der Waals surface area contributed by atoms with E-state index < -0.39 is 17.9 Å². The van der Waals surface area contributed by atoms with Crippen molar-refractivity contribution < 1.29 is 18.7 Å². The summed E-state index contributed by atoms with van der Waals surface area (Å²) < 4.78 is 18.2. The third-order valence-electron chi connectivity index (χ3n) is 5.09. The molecule has 174 valence electrons. The molecule has 3 aromatic rings. The van der Waals surface area contributed by atoms with Crippen molar-refractivity contribution >= 4 is 17.7 Å². The summed E-state index contributed by atoms with van der Waals surface area (Å²) >= 11 is 0. The van der Waals surface area contributed by atoms with E-state index >= 15 is 0 Å². The molecule has 8 nitrogen and oxygen atoms in total. The zero-order valence-corrected chi connectivity index (χ0v) is 18.5. The first-order valence-corrected chi connectivity index (χ1v) is 10.5. The largest absolute Gasteiger partial charge is 0.467 e. The van der Waals surface area contributed by atoms with Crippen molar-refractivity contribution in [3.63, 3.8) is 0 Å². The maximum atomic E-state index is 13.5. The van der Waals surface area contributed by atoms with Gasteiger partial charge in [-0.15, -0.1) is 0 Å². The summed E-state index contributed by atoms with van der Waals surface area (Å²) in [5, 5.41) is 15.1. The molecule has 0 bridgehead atoms. The first kappa shape index (κ1) is 24.4. The number of halogens is 1. The van der Waals surface area contributed by atoms with Crippen molar-refractivity contribution in [1.29, 1.82) is 5.26 Å². The molecule has 1 aromatic heterocycles. The number of nitrogens with two attached hydrogens (primary N) is 1. The van der Waals surface area contributed by atoms with Crippen LogP contribution in [-0.4, -0.2) is 43.1 Å². The van der Waals surface area contributed by atoms with Gasteiger partial charge in [0.05, 0.1) is 30.0 Å². The molecule has 0 spiro atoms. The van der Waals surface area contributed by atoms with Crippen LogP contribution in [0.4, 0.5) is 10.2 Å². The molecule has 0 aliphatic carbocycles. The Morgan fingerprint density at radius 3 is 2.68 bits per heavy atom. The molecular formula is C25H24FN5O3. The minimum Gasteiger partial charge on any atom is -0.467 e. The summed E-state index contributed by atoms with van der Waals surface area (Å²) in [6.07, 6.45) is 0.479. The van der Waals surface area contributed by atoms with E-state index in [1.54, 1.807) is 48.5 Å². The lowest BCUT2D eigenvalue weighted by Gasteiger charge is -2.17. The van der Waals surface area contributed by atoms with Gasteiger partial charge in [-0.25, -0.2) is 14.2 Å². The van der Waals surface area contributed by atoms with Crippen molar-refractivity contribution in [3.05, 3.63) is 83.2 Å². The second kappa shape index (κ2) is 11.5. The quantitative estimate of drug-likeness (QED) is 0.418. The zero-order valence-electron chi connectivity index (χ0n) is 18.5. The Labute approximate surface area is 196 Å². The molecule has 0 fully saturated rings. The summed E-state index contributed by atoms with van der Waals surface area (Å²) in [7, 11) is 1.21. The second-order valence-electron chi connectivity index (χ2n) is 7.34. The van der Waals surface area contributed by atoms with Gasteiger partial charge >= 0.3 is 5.97 Å². The van der Waals surface area contributed by atoms with Crippen LogP contribution in [0.5, 0.6) is 0 Å². The molecule has 0 aliphatic rings. The predicted octanol–water partition coefficient (Wildman–Crippen LogP) is 2.64. The summed E-state index contributed by atoms with van der Waals surface area (Å²) in [4.78, 5) is 29.4. The van der Waals surface area contributed by atoms with Crippen LogP contribution < -0.4 is 16.4 Å². The molecule has 4 N–H and O–H groups in total. The lowest BCUT2D eigenvalue weighted by Crippen LogP contribution is -2.46. The molecule has 0 saturated carbocycles. The Morgan fingerprint density at radius 2 is 1.97 bits per heavy atom. The molecule has 0 unspecified atom stereocenters. The number of nitrogens with one attached hydrogen (secondary N) is 2. The van der Waals surface area contributed by atoms with Gasteiger partial charge in [0.15, 0.2) is 0 Å². The molecule has 0 radical (unpaired) electrons. The number of amides is 1. The van der Waals surface area contributed by atoms with E-state index in [0.717, 1.165) is 5.56 Å². The van der Waals surface area contributed by atoms with Crippen molar-refractivity contribution in [2.75, 3.05) is 25.5 Å². The van der Waals surface area contributed by atoms with Gasteiger partial charge in [0.2, 0.25) is 0 Å². The maximum Gasteiger partial charge on any atom is 0.329 e. The Bertz CT molecular complexity index is 1230. The number of benzene rings is 2. The fourth-order valence-corrected chi connectivity index (χ4v) is 3.34. The number of carbonyl (C=O) groups excluding carboxylic acids is 2. The lowest BCUT2D eigenvalue weighted by molar-refractivity contribution is -0.142. The van der Waals surface area contributed by atoms with Crippen LogP contribution in [0.3, 0.4) is 0 Å². The third-order valence-corrected chi connectivity index (χ3v) is 5.09. The second-order valence-corrected chi connectivity index (χ2v) is 7.34. The van der Waals surface area contributed by atoms with Crippen molar-refractivity contribution in [2.24, 2.45) is 5.73 Å². The van der Waals surface area contributed by atoms with Gasteiger partial charge in [-0.3, -0.25) is 4.79 Å². The van der Waals surface area contributed by atoms with E-state index in [2.05, 4.69) is 26.4 Å². The zero-order chi connectivity index (χ0) is 24.5. The van der Waals surface area contributed by atoms with E-state index in [9.17, 15) is 19.2 Å². The van der Waals surface area contributed by atoms with Crippen molar-refractivity contribution in [2.45, 2.75) is 12.5 Å². The Kier molecular flexibility index (Phi) is 8.26. The molecule has 1 amide bonds. The number of hydrogen-bond donors (Lipinski definition) is 3. The molecule has 3 rings (SSSR count). The van der Waals surface area contributed by atoms with Crippen LogP contribution in [0.15, 0.2) is 60.7 Å². The number of anilines is 1. The molecule has 9 heteroatoms.